The van der Waals surface area contributed by atoms with Crippen LogP contribution in [0.5, 0.6) is 0 Å². The fourth-order valence-corrected chi connectivity index (χ4v) is 1.93. The summed E-state index contributed by atoms with van der Waals surface area (Å²) in [5, 5.41) is 7.40. The molecule has 0 spiro atoms. The molecule has 104 valence electrons. The zero-order valence-corrected chi connectivity index (χ0v) is 12.1. The minimum Gasteiger partial charge on any atom is -0.374 e. The molecule has 1 aromatic heterocycles. The highest BCUT2D eigenvalue weighted by Gasteiger charge is 2.17. The van der Waals surface area contributed by atoms with Gasteiger partial charge in [-0.2, -0.15) is 4.98 Å². The number of nitrogens with zero attached hydrogens (tertiary/aromatic N) is 2. The maximum absolute atomic E-state index is 5.26. The van der Waals surface area contributed by atoms with Gasteiger partial charge in [-0.3, -0.25) is 0 Å². The molecule has 0 fully saturated rings. The van der Waals surface area contributed by atoms with E-state index >= 15 is 0 Å². The van der Waals surface area contributed by atoms with Gasteiger partial charge >= 0.3 is 0 Å². The standard InChI is InChI=1S/C13H25N3O2/c1-6-14-11(7-9(2)3)8-12-15-13(16-18-12)10(4)17-5/h9-11,14H,6-8H2,1-5H3. The zero-order valence-electron chi connectivity index (χ0n) is 12.1. The highest BCUT2D eigenvalue weighted by Crippen LogP contribution is 2.14. The summed E-state index contributed by atoms with van der Waals surface area (Å²) in [6.07, 6.45) is 1.76. The number of hydrogen-bond acceptors (Lipinski definition) is 5. The van der Waals surface area contributed by atoms with Crippen LogP contribution in [0.2, 0.25) is 0 Å². The Labute approximate surface area is 109 Å². The van der Waals surface area contributed by atoms with E-state index in [-0.39, 0.29) is 6.10 Å². The van der Waals surface area contributed by atoms with Crippen molar-refractivity contribution in [3.8, 4) is 0 Å². The van der Waals surface area contributed by atoms with Crippen LogP contribution in [0.3, 0.4) is 0 Å². The lowest BCUT2D eigenvalue weighted by Gasteiger charge is -2.17. The monoisotopic (exact) mass is 255 g/mol. The van der Waals surface area contributed by atoms with Gasteiger partial charge in [-0.15, -0.1) is 0 Å². The molecule has 0 saturated carbocycles. The van der Waals surface area contributed by atoms with Crippen molar-refractivity contribution < 1.29 is 9.26 Å². The summed E-state index contributed by atoms with van der Waals surface area (Å²) in [5.74, 6) is 1.95. The van der Waals surface area contributed by atoms with E-state index in [0.29, 0.717) is 23.7 Å². The zero-order chi connectivity index (χ0) is 13.5. The third-order valence-electron chi connectivity index (χ3n) is 2.87. The topological polar surface area (TPSA) is 60.2 Å². The van der Waals surface area contributed by atoms with Crippen molar-refractivity contribution in [3.05, 3.63) is 11.7 Å². The molecule has 0 aliphatic carbocycles. The van der Waals surface area contributed by atoms with Gasteiger partial charge in [0.25, 0.3) is 0 Å². The molecule has 5 heteroatoms. The lowest BCUT2D eigenvalue weighted by molar-refractivity contribution is 0.109. The maximum Gasteiger partial charge on any atom is 0.228 e. The van der Waals surface area contributed by atoms with Crippen LogP contribution in [-0.4, -0.2) is 29.8 Å². The van der Waals surface area contributed by atoms with E-state index in [9.17, 15) is 0 Å². The predicted molar refractivity (Wildman–Crippen MR) is 70.3 cm³/mol. The number of hydrogen-bond donors (Lipinski definition) is 1. The third-order valence-corrected chi connectivity index (χ3v) is 2.87. The molecule has 0 saturated heterocycles. The summed E-state index contributed by atoms with van der Waals surface area (Å²) in [5.41, 5.74) is 0. The summed E-state index contributed by atoms with van der Waals surface area (Å²) < 4.78 is 10.4. The summed E-state index contributed by atoms with van der Waals surface area (Å²) in [6, 6.07) is 0.390. The van der Waals surface area contributed by atoms with E-state index in [1.165, 1.54) is 0 Å². The Morgan fingerprint density at radius 1 is 1.33 bits per heavy atom. The molecular formula is C13H25N3O2. The van der Waals surface area contributed by atoms with Gasteiger partial charge in [-0.05, 0) is 25.8 Å². The number of nitrogens with one attached hydrogen (secondary N) is 1. The Morgan fingerprint density at radius 2 is 2.06 bits per heavy atom. The Morgan fingerprint density at radius 3 is 2.61 bits per heavy atom. The molecule has 0 amide bonds. The van der Waals surface area contributed by atoms with Gasteiger partial charge in [0.2, 0.25) is 5.89 Å². The van der Waals surface area contributed by atoms with Crippen molar-refractivity contribution in [1.82, 2.24) is 15.5 Å². The van der Waals surface area contributed by atoms with Crippen molar-refractivity contribution in [1.29, 1.82) is 0 Å². The maximum atomic E-state index is 5.26. The first-order chi connectivity index (χ1) is 8.56. The Hall–Kier alpha value is -0.940. The number of methoxy groups -OCH3 is 1. The quantitative estimate of drug-likeness (QED) is 0.772. The van der Waals surface area contributed by atoms with Crippen molar-refractivity contribution in [2.75, 3.05) is 13.7 Å². The van der Waals surface area contributed by atoms with Gasteiger partial charge in [0, 0.05) is 19.6 Å². The van der Waals surface area contributed by atoms with Gasteiger partial charge in [0.05, 0.1) is 0 Å². The molecular weight excluding hydrogens is 230 g/mol. The predicted octanol–water partition coefficient (Wildman–Crippen LogP) is 2.34. The minimum atomic E-state index is -0.120. The molecule has 0 bridgehead atoms. The van der Waals surface area contributed by atoms with Crippen LogP contribution >= 0.6 is 0 Å². The fraction of sp³-hybridized carbons (Fsp3) is 0.846. The van der Waals surface area contributed by atoms with Crippen LogP contribution < -0.4 is 5.32 Å². The van der Waals surface area contributed by atoms with E-state index in [4.69, 9.17) is 9.26 Å². The van der Waals surface area contributed by atoms with E-state index < -0.39 is 0 Å². The van der Waals surface area contributed by atoms with E-state index in [1.807, 2.05) is 6.92 Å². The number of aromatic nitrogens is 2. The molecule has 1 rings (SSSR count). The first-order valence-electron chi connectivity index (χ1n) is 6.65. The normalized spacial score (nSPS) is 15.0. The van der Waals surface area contributed by atoms with Gasteiger partial charge in [-0.1, -0.05) is 25.9 Å². The second-order valence-electron chi connectivity index (χ2n) is 5.01. The molecule has 1 aromatic rings. The Balaban J connectivity index is 2.60. The van der Waals surface area contributed by atoms with E-state index in [2.05, 4.69) is 36.2 Å². The number of ether oxygens (including phenoxy) is 1. The lowest BCUT2D eigenvalue weighted by atomic mass is 10.0. The van der Waals surface area contributed by atoms with Crippen molar-refractivity contribution in [2.24, 2.45) is 5.92 Å². The van der Waals surface area contributed by atoms with Crippen molar-refractivity contribution in [3.63, 3.8) is 0 Å². The molecule has 2 unspecified atom stereocenters. The summed E-state index contributed by atoms with van der Waals surface area (Å²) >= 11 is 0. The molecule has 0 aromatic carbocycles. The molecule has 0 radical (unpaired) electrons. The first kappa shape index (κ1) is 15.1. The lowest BCUT2D eigenvalue weighted by Crippen LogP contribution is -2.32. The van der Waals surface area contributed by atoms with Crippen LogP contribution in [-0.2, 0) is 11.2 Å². The largest absolute Gasteiger partial charge is 0.374 e. The molecule has 1 N–H and O–H groups in total. The van der Waals surface area contributed by atoms with Crippen LogP contribution in [0.25, 0.3) is 0 Å². The van der Waals surface area contributed by atoms with Crippen LogP contribution in [0.4, 0.5) is 0 Å². The second kappa shape index (κ2) is 7.48. The smallest absolute Gasteiger partial charge is 0.228 e. The third kappa shape index (κ3) is 4.74. The average molecular weight is 255 g/mol. The SMILES string of the molecule is CCNC(Cc1nc(C(C)OC)no1)CC(C)C. The highest BCUT2D eigenvalue weighted by atomic mass is 16.5. The molecule has 0 aliphatic heterocycles. The van der Waals surface area contributed by atoms with Crippen LogP contribution in [0, 0.1) is 5.92 Å². The Bertz CT molecular complexity index is 339. The molecule has 2 atom stereocenters. The molecule has 5 nitrogen and oxygen atoms in total. The molecule has 18 heavy (non-hydrogen) atoms. The number of rotatable bonds is 8. The van der Waals surface area contributed by atoms with Crippen molar-refractivity contribution >= 4 is 0 Å². The van der Waals surface area contributed by atoms with Gasteiger partial charge in [0.1, 0.15) is 6.10 Å². The summed E-state index contributed by atoms with van der Waals surface area (Å²) in [4.78, 5) is 4.37. The second-order valence-corrected chi connectivity index (χ2v) is 5.01. The minimum absolute atomic E-state index is 0.120. The van der Waals surface area contributed by atoms with Gasteiger partial charge in [0.15, 0.2) is 5.82 Å². The fourth-order valence-electron chi connectivity index (χ4n) is 1.93. The highest BCUT2D eigenvalue weighted by molar-refractivity contribution is 4.92. The summed E-state index contributed by atoms with van der Waals surface area (Å²) in [6.45, 7) is 9.41. The van der Waals surface area contributed by atoms with Gasteiger partial charge in [-0.25, -0.2) is 0 Å². The van der Waals surface area contributed by atoms with Crippen molar-refractivity contribution in [2.45, 2.75) is 52.7 Å². The van der Waals surface area contributed by atoms with E-state index in [0.717, 1.165) is 19.4 Å². The Kier molecular flexibility index (Phi) is 6.29. The van der Waals surface area contributed by atoms with Gasteiger partial charge < -0.3 is 14.6 Å². The van der Waals surface area contributed by atoms with Crippen LogP contribution in [0.15, 0.2) is 4.52 Å². The average Bonchev–Trinajstić information content (AvgIpc) is 2.76. The number of likely N-dealkylation sites (N-methyl/N-ethyl adjacent to an activating group) is 1. The molecule has 0 aliphatic rings. The van der Waals surface area contributed by atoms with E-state index in [1.54, 1.807) is 7.11 Å². The van der Waals surface area contributed by atoms with Crippen LogP contribution in [0.1, 0.15) is 51.9 Å². The molecule has 1 heterocycles. The summed E-state index contributed by atoms with van der Waals surface area (Å²) in [7, 11) is 1.64. The first-order valence-corrected chi connectivity index (χ1v) is 6.65.